The first-order valence-corrected chi connectivity index (χ1v) is 7.31. The van der Waals surface area contributed by atoms with Crippen molar-refractivity contribution in [3.63, 3.8) is 0 Å². The third-order valence-corrected chi connectivity index (χ3v) is 3.77. The first kappa shape index (κ1) is 15.0. The molecule has 0 aliphatic carbocycles. The SMILES string of the molecule is CCn1nc(C)c2c(C(=O)O)cc(-c3cccc(OC)c3)nc21. The second-order valence-electron chi connectivity index (χ2n) is 5.19. The lowest BCUT2D eigenvalue weighted by molar-refractivity contribution is 0.0699. The molecule has 0 aliphatic rings. The first-order valence-electron chi connectivity index (χ1n) is 7.31. The molecule has 3 rings (SSSR count). The Morgan fingerprint density at radius 2 is 2.13 bits per heavy atom. The van der Waals surface area contributed by atoms with E-state index in [0.29, 0.717) is 34.7 Å². The number of aromatic carboxylic acids is 1. The second kappa shape index (κ2) is 5.72. The van der Waals surface area contributed by atoms with Gasteiger partial charge in [-0.3, -0.25) is 0 Å². The molecule has 6 heteroatoms. The van der Waals surface area contributed by atoms with E-state index in [0.717, 1.165) is 5.56 Å². The molecule has 1 aromatic carbocycles. The maximum absolute atomic E-state index is 11.7. The molecule has 0 radical (unpaired) electrons. The maximum Gasteiger partial charge on any atom is 0.336 e. The van der Waals surface area contributed by atoms with Crippen LogP contribution in [0.4, 0.5) is 0 Å². The van der Waals surface area contributed by atoms with Crippen molar-refractivity contribution in [2.24, 2.45) is 0 Å². The molecule has 0 spiro atoms. The van der Waals surface area contributed by atoms with Gasteiger partial charge in [-0.2, -0.15) is 5.10 Å². The molecule has 1 N–H and O–H groups in total. The summed E-state index contributed by atoms with van der Waals surface area (Å²) in [5, 5.41) is 14.5. The third kappa shape index (κ3) is 2.52. The second-order valence-corrected chi connectivity index (χ2v) is 5.19. The topological polar surface area (TPSA) is 77.2 Å². The first-order chi connectivity index (χ1) is 11.0. The van der Waals surface area contributed by atoms with Crippen LogP contribution >= 0.6 is 0 Å². The van der Waals surface area contributed by atoms with Crippen molar-refractivity contribution in [2.75, 3.05) is 7.11 Å². The van der Waals surface area contributed by atoms with Crippen molar-refractivity contribution in [1.29, 1.82) is 0 Å². The van der Waals surface area contributed by atoms with Crippen LogP contribution < -0.4 is 4.74 Å². The highest BCUT2D eigenvalue weighted by atomic mass is 16.5. The average molecular weight is 311 g/mol. The van der Waals surface area contributed by atoms with E-state index in [4.69, 9.17) is 4.74 Å². The number of hydrogen-bond donors (Lipinski definition) is 1. The van der Waals surface area contributed by atoms with Gasteiger partial charge in [-0.25, -0.2) is 14.5 Å². The van der Waals surface area contributed by atoms with Crippen LogP contribution in [0.1, 0.15) is 23.0 Å². The normalized spacial score (nSPS) is 10.9. The zero-order valence-electron chi connectivity index (χ0n) is 13.2. The highest BCUT2D eigenvalue weighted by Gasteiger charge is 2.19. The number of rotatable bonds is 4. The Kier molecular flexibility index (Phi) is 3.73. The summed E-state index contributed by atoms with van der Waals surface area (Å²) in [7, 11) is 1.59. The van der Waals surface area contributed by atoms with Crippen molar-refractivity contribution in [1.82, 2.24) is 14.8 Å². The van der Waals surface area contributed by atoms with Gasteiger partial charge in [0.2, 0.25) is 0 Å². The fourth-order valence-corrected chi connectivity index (χ4v) is 2.67. The molecule has 0 saturated heterocycles. The third-order valence-electron chi connectivity index (χ3n) is 3.77. The quantitative estimate of drug-likeness (QED) is 0.801. The number of hydrogen-bond acceptors (Lipinski definition) is 4. The van der Waals surface area contributed by atoms with Crippen molar-refractivity contribution >= 4 is 17.0 Å². The van der Waals surface area contributed by atoms with Gasteiger partial charge in [0.1, 0.15) is 5.75 Å². The summed E-state index contributed by atoms with van der Waals surface area (Å²) in [6, 6.07) is 8.98. The monoisotopic (exact) mass is 311 g/mol. The number of nitrogens with zero attached hydrogens (tertiary/aromatic N) is 3. The Hall–Kier alpha value is -2.89. The number of pyridine rings is 1. The molecule has 3 aromatic rings. The largest absolute Gasteiger partial charge is 0.497 e. The number of benzene rings is 1. The number of carboxylic acid groups (broad SMARTS) is 1. The smallest absolute Gasteiger partial charge is 0.336 e. The number of aromatic nitrogens is 3. The van der Waals surface area contributed by atoms with Crippen LogP contribution in [0.15, 0.2) is 30.3 Å². The van der Waals surface area contributed by atoms with E-state index >= 15 is 0 Å². The number of carbonyl (C=O) groups is 1. The van der Waals surface area contributed by atoms with Crippen molar-refractivity contribution < 1.29 is 14.6 Å². The predicted molar refractivity (Wildman–Crippen MR) is 86.9 cm³/mol. The van der Waals surface area contributed by atoms with Crippen LogP contribution in [0, 0.1) is 6.92 Å². The van der Waals surface area contributed by atoms with Crippen LogP contribution in [0.3, 0.4) is 0 Å². The van der Waals surface area contributed by atoms with Crippen molar-refractivity contribution in [3.8, 4) is 17.0 Å². The number of fused-ring (bicyclic) bond motifs is 1. The van der Waals surface area contributed by atoms with Gasteiger partial charge in [0.15, 0.2) is 5.65 Å². The Morgan fingerprint density at radius 1 is 1.35 bits per heavy atom. The van der Waals surface area contributed by atoms with E-state index in [1.165, 1.54) is 0 Å². The Morgan fingerprint density at radius 3 is 2.78 bits per heavy atom. The van der Waals surface area contributed by atoms with E-state index in [-0.39, 0.29) is 5.56 Å². The lowest BCUT2D eigenvalue weighted by Crippen LogP contribution is -2.02. The van der Waals surface area contributed by atoms with E-state index < -0.39 is 5.97 Å². The molecule has 2 heterocycles. The molecule has 0 aliphatic heterocycles. The Balaban J connectivity index is 2.32. The Labute approximate surface area is 133 Å². The lowest BCUT2D eigenvalue weighted by Gasteiger charge is -2.07. The van der Waals surface area contributed by atoms with Gasteiger partial charge >= 0.3 is 5.97 Å². The number of ether oxygens (including phenoxy) is 1. The minimum absolute atomic E-state index is 0.213. The molecule has 0 unspecified atom stereocenters. The summed E-state index contributed by atoms with van der Waals surface area (Å²) in [5.41, 5.74) is 2.86. The highest BCUT2D eigenvalue weighted by Crippen LogP contribution is 2.28. The molecule has 118 valence electrons. The molecule has 0 saturated carbocycles. The molecule has 6 nitrogen and oxygen atoms in total. The molecular formula is C17H17N3O3. The fraction of sp³-hybridized carbons (Fsp3) is 0.235. The zero-order chi connectivity index (χ0) is 16.6. The minimum Gasteiger partial charge on any atom is -0.497 e. The van der Waals surface area contributed by atoms with Gasteiger partial charge in [0, 0.05) is 12.1 Å². The van der Waals surface area contributed by atoms with Crippen LogP contribution in [-0.2, 0) is 6.54 Å². The summed E-state index contributed by atoms with van der Waals surface area (Å²) < 4.78 is 6.95. The molecule has 0 atom stereocenters. The van der Waals surface area contributed by atoms with Gasteiger partial charge in [0.05, 0.1) is 29.4 Å². The van der Waals surface area contributed by atoms with E-state index in [1.807, 2.05) is 31.2 Å². The minimum atomic E-state index is -0.986. The molecular weight excluding hydrogens is 294 g/mol. The van der Waals surface area contributed by atoms with Gasteiger partial charge in [-0.05, 0) is 32.0 Å². The van der Waals surface area contributed by atoms with Crippen LogP contribution in [0.5, 0.6) is 5.75 Å². The van der Waals surface area contributed by atoms with Crippen LogP contribution in [0.2, 0.25) is 0 Å². The molecule has 2 aromatic heterocycles. The maximum atomic E-state index is 11.7. The predicted octanol–water partition coefficient (Wildman–Crippen LogP) is 3.13. The van der Waals surface area contributed by atoms with Crippen LogP contribution in [0.25, 0.3) is 22.3 Å². The van der Waals surface area contributed by atoms with Gasteiger partial charge in [-0.15, -0.1) is 0 Å². The molecule has 0 fully saturated rings. The number of methoxy groups -OCH3 is 1. The fourth-order valence-electron chi connectivity index (χ4n) is 2.67. The van der Waals surface area contributed by atoms with E-state index in [2.05, 4.69) is 10.1 Å². The molecule has 0 amide bonds. The summed E-state index contributed by atoms with van der Waals surface area (Å²) >= 11 is 0. The molecule has 0 bridgehead atoms. The highest BCUT2D eigenvalue weighted by molar-refractivity contribution is 6.04. The standard InChI is InChI=1S/C17H17N3O3/c1-4-20-16-15(10(2)19-20)13(17(21)22)9-14(18-16)11-6-5-7-12(8-11)23-3/h5-9H,4H2,1-3H3,(H,21,22). The molecule has 23 heavy (non-hydrogen) atoms. The van der Waals surface area contributed by atoms with E-state index in [9.17, 15) is 9.90 Å². The zero-order valence-corrected chi connectivity index (χ0v) is 13.2. The number of aryl methyl sites for hydroxylation is 2. The average Bonchev–Trinajstić information content (AvgIpc) is 2.90. The summed E-state index contributed by atoms with van der Waals surface area (Å²) in [6.45, 7) is 4.37. The van der Waals surface area contributed by atoms with Crippen molar-refractivity contribution in [3.05, 3.63) is 41.6 Å². The van der Waals surface area contributed by atoms with E-state index in [1.54, 1.807) is 24.8 Å². The van der Waals surface area contributed by atoms with Gasteiger partial charge < -0.3 is 9.84 Å². The lowest BCUT2D eigenvalue weighted by atomic mass is 10.1. The number of carboxylic acids is 1. The van der Waals surface area contributed by atoms with Gasteiger partial charge in [0.25, 0.3) is 0 Å². The summed E-state index contributed by atoms with van der Waals surface area (Å²) in [4.78, 5) is 16.3. The Bertz CT molecular complexity index is 899. The van der Waals surface area contributed by atoms with Gasteiger partial charge in [-0.1, -0.05) is 12.1 Å². The van der Waals surface area contributed by atoms with Crippen LogP contribution in [-0.4, -0.2) is 33.0 Å². The van der Waals surface area contributed by atoms with Crippen molar-refractivity contribution in [2.45, 2.75) is 20.4 Å². The summed E-state index contributed by atoms with van der Waals surface area (Å²) in [5.74, 6) is -0.290. The summed E-state index contributed by atoms with van der Waals surface area (Å²) in [6.07, 6.45) is 0.